The smallest absolute Gasteiger partial charge is 0.251 e. The molecule has 128 valence electrons. The van der Waals surface area contributed by atoms with E-state index in [1.54, 1.807) is 13.1 Å². The number of carbonyl (C=O) groups excluding carboxylic acids is 2. The highest BCUT2D eigenvalue weighted by molar-refractivity contribution is 5.94. The van der Waals surface area contributed by atoms with Gasteiger partial charge in [0, 0.05) is 31.1 Å². The highest BCUT2D eigenvalue weighted by Gasteiger charge is 2.24. The summed E-state index contributed by atoms with van der Waals surface area (Å²) in [5, 5.41) is 5.60. The van der Waals surface area contributed by atoms with Crippen molar-refractivity contribution in [1.82, 2.24) is 10.6 Å². The summed E-state index contributed by atoms with van der Waals surface area (Å²) in [7, 11) is 1.62. The second-order valence-electron chi connectivity index (χ2n) is 5.94. The lowest BCUT2D eigenvalue weighted by Crippen LogP contribution is -2.38. The van der Waals surface area contributed by atoms with E-state index < -0.39 is 0 Å². The van der Waals surface area contributed by atoms with Gasteiger partial charge in [0.1, 0.15) is 0 Å². The lowest BCUT2D eigenvalue weighted by molar-refractivity contribution is -0.126. The standard InChI is InChI=1S/C17H25N3O2.ClH/c1-19-16(21)13-5-2-4-12(10-13)8-9-20-17(22)14-6-3-7-15(18)11-14;/h2,4-5,10,14-15H,3,6-9,11,18H2,1H3,(H,19,21)(H,20,22);1H. The molecule has 0 spiro atoms. The molecule has 0 radical (unpaired) electrons. The van der Waals surface area contributed by atoms with E-state index >= 15 is 0 Å². The Balaban J connectivity index is 0.00000264. The monoisotopic (exact) mass is 339 g/mol. The third kappa shape index (κ3) is 5.84. The van der Waals surface area contributed by atoms with Crippen molar-refractivity contribution in [3.05, 3.63) is 35.4 Å². The summed E-state index contributed by atoms with van der Waals surface area (Å²) in [6, 6.07) is 7.64. The molecule has 6 heteroatoms. The molecule has 5 nitrogen and oxygen atoms in total. The molecule has 1 saturated carbocycles. The molecule has 4 N–H and O–H groups in total. The average Bonchev–Trinajstić information content (AvgIpc) is 2.54. The van der Waals surface area contributed by atoms with E-state index in [9.17, 15) is 9.59 Å². The van der Waals surface area contributed by atoms with Gasteiger partial charge in [-0.3, -0.25) is 9.59 Å². The average molecular weight is 340 g/mol. The lowest BCUT2D eigenvalue weighted by Gasteiger charge is -2.25. The number of nitrogens with two attached hydrogens (primary N) is 1. The molecule has 0 bridgehead atoms. The van der Waals surface area contributed by atoms with Gasteiger partial charge in [-0.1, -0.05) is 18.6 Å². The Bertz CT molecular complexity index is 536. The minimum absolute atomic E-state index is 0. The Hall–Kier alpha value is -1.59. The molecule has 2 amide bonds. The van der Waals surface area contributed by atoms with Gasteiger partial charge in [0.05, 0.1) is 0 Å². The third-order valence-electron chi connectivity index (χ3n) is 4.21. The summed E-state index contributed by atoms with van der Waals surface area (Å²) in [5.74, 6) is 0.0700. The molecule has 0 aromatic heterocycles. The maximum absolute atomic E-state index is 12.1. The Kier molecular flexibility index (Phi) is 8.06. The SMILES string of the molecule is CNC(=O)c1cccc(CCNC(=O)C2CCCC(N)C2)c1.Cl. The lowest BCUT2D eigenvalue weighted by atomic mass is 9.85. The zero-order valence-corrected chi connectivity index (χ0v) is 14.3. The van der Waals surface area contributed by atoms with Crippen LogP contribution >= 0.6 is 12.4 Å². The molecule has 1 aliphatic carbocycles. The van der Waals surface area contributed by atoms with E-state index in [1.807, 2.05) is 18.2 Å². The molecule has 2 atom stereocenters. The van der Waals surface area contributed by atoms with Crippen LogP contribution in [0.4, 0.5) is 0 Å². The Morgan fingerprint density at radius 2 is 2.09 bits per heavy atom. The number of carbonyl (C=O) groups is 2. The minimum Gasteiger partial charge on any atom is -0.356 e. The summed E-state index contributed by atoms with van der Waals surface area (Å²) >= 11 is 0. The normalized spacial score (nSPS) is 20.3. The van der Waals surface area contributed by atoms with E-state index in [0.29, 0.717) is 12.1 Å². The quantitative estimate of drug-likeness (QED) is 0.762. The molecule has 2 unspecified atom stereocenters. The fourth-order valence-corrected chi connectivity index (χ4v) is 2.95. The minimum atomic E-state index is -0.0953. The van der Waals surface area contributed by atoms with E-state index in [1.165, 1.54) is 0 Å². The molecule has 1 aromatic carbocycles. The summed E-state index contributed by atoms with van der Waals surface area (Å²) in [6.07, 6.45) is 4.50. The molecular formula is C17H26ClN3O2. The van der Waals surface area contributed by atoms with Gasteiger partial charge in [-0.2, -0.15) is 0 Å². The van der Waals surface area contributed by atoms with Crippen LogP contribution in [0.25, 0.3) is 0 Å². The van der Waals surface area contributed by atoms with Crippen LogP contribution in [-0.4, -0.2) is 31.4 Å². The van der Waals surface area contributed by atoms with Crippen LogP contribution in [0.2, 0.25) is 0 Å². The molecule has 2 rings (SSSR count). The molecule has 0 heterocycles. The van der Waals surface area contributed by atoms with Crippen molar-refractivity contribution >= 4 is 24.2 Å². The van der Waals surface area contributed by atoms with Gasteiger partial charge in [0.25, 0.3) is 5.91 Å². The number of hydrogen-bond donors (Lipinski definition) is 3. The highest BCUT2D eigenvalue weighted by Crippen LogP contribution is 2.23. The Labute approximate surface area is 143 Å². The van der Waals surface area contributed by atoms with Crippen LogP contribution in [0.1, 0.15) is 41.6 Å². The number of benzene rings is 1. The van der Waals surface area contributed by atoms with Crippen molar-refractivity contribution in [2.24, 2.45) is 11.7 Å². The van der Waals surface area contributed by atoms with Gasteiger partial charge in [-0.15, -0.1) is 12.4 Å². The third-order valence-corrected chi connectivity index (χ3v) is 4.21. The van der Waals surface area contributed by atoms with Crippen molar-refractivity contribution in [2.75, 3.05) is 13.6 Å². The summed E-state index contributed by atoms with van der Waals surface area (Å²) < 4.78 is 0. The van der Waals surface area contributed by atoms with Gasteiger partial charge in [0.2, 0.25) is 5.91 Å². The van der Waals surface area contributed by atoms with E-state index in [4.69, 9.17) is 5.73 Å². The highest BCUT2D eigenvalue weighted by atomic mass is 35.5. The first-order valence-corrected chi connectivity index (χ1v) is 7.94. The van der Waals surface area contributed by atoms with Crippen molar-refractivity contribution in [2.45, 2.75) is 38.1 Å². The largest absolute Gasteiger partial charge is 0.356 e. The van der Waals surface area contributed by atoms with E-state index in [0.717, 1.165) is 37.7 Å². The van der Waals surface area contributed by atoms with Crippen LogP contribution in [-0.2, 0) is 11.2 Å². The second kappa shape index (κ2) is 9.53. The summed E-state index contributed by atoms with van der Waals surface area (Å²) in [6.45, 7) is 0.585. The molecule has 0 aliphatic heterocycles. The zero-order chi connectivity index (χ0) is 15.9. The van der Waals surface area contributed by atoms with Crippen LogP contribution in [0.5, 0.6) is 0 Å². The first kappa shape index (κ1) is 19.5. The number of hydrogen-bond acceptors (Lipinski definition) is 3. The second-order valence-corrected chi connectivity index (χ2v) is 5.94. The maximum atomic E-state index is 12.1. The van der Waals surface area contributed by atoms with Gasteiger partial charge in [-0.05, 0) is 43.4 Å². The van der Waals surface area contributed by atoms with E-state index in [-0.39, 0.29) is 36.2 Å². The predicted octanol–water partition coefficient (Wildman–Crippen LogP) is 1.64. The van der Waals surface area contributed by atoms with E-state index in [2.05, 4.69) is 10.6 Å². The van der Waals surface area contributed by atoms with Gasteiger partial charge < -0.3 is 16.4 Å². The zero-order valence-electron chi connectivity index (χ0n) is 13.5. The number of halogens is 1. The van der Waals surface area contributed by atoms with Gasteiger partial charge in [-0.25, -0.2) is 0 Å². The van der Waals surface area contributed by atoms with Crippen LogP contribution < -0.4 is 16.4 Å². The maximum Gasteiger partial charge on any atom is 0.251 e. The number of nitrogens with one attached hydrogen (secondary N) is 2. The summed E-state index contributed by atoms with van der Waals surface area (Å²) in [5.41, 5.74) is 7.61. The molecule has 1 aliphatic rings. The van der Waals surface area contributed by atoms with Gasteiger partial charge in [0.15, 0.2) is 0 Å². The first-order chi connectivity index (χ1) is 10.6. The van der Waals surface area contributed by atoms with Crippen LogP contribution in [0.3, 0.4) is 0 Å². The molecule has 0 saturated heterocycles. The van der Waals surface area contributed by atoms with Crippen molar-refractivity contribution in [3.63, 3.8) is 0 Å². The molecule has 23 heavy (non-hydrogen) atoms. The van der Waals surface area contributed by atoms with Crippen LogP contribution in [0.15, 0.2) is 24.3 Å². The Morgan fingerprint density at radius 1 is 1.30 bits per heavy atom. The fraction of sp³-hybridized carbons (Fsp3) is 0.529. The predicted molar refractivity (Wildman–Crippen MR) is 93.7 cm³/mol. The molecule has 1 aromatic rings. The van der Waals surface area contributed by atoms with Crippen molar-refractivity contribution < 1.29 is 9.59 Å². The Morgan fingerprint density at radius 3 is 2.78 bits per heavy atom. The topological polar surface area (TPSA) is 84.2 Å². The number of rotatable bonds is 5. The van der Waals surface area contributed by atoms with Crippen molar-refractivity contribution in [3.8, 4) is 0 Å². The molecule has 1 fully saturated rings. The first-order valence-electron chi connectivity index (χ1n) is 7.94. The number of amides is 2. The van der Waals surface area contributed by atoms with Gasteiger partial charge >= 0.3 is 0 Å². The molecular weight excluding hydrogens is 314 g/mol. The van der Waals surface area contributed by atoms with Crippen LogP contribution in [0, 0.1) is 5.92 Å². The fourth-order valence-electron chi connectivity index (χ4n) is 2.95. The summed E-state index contributed by atoms with van der Waals surface area (Å²) in [4.78, 5) is 23.7. The van der Waals surface area contributed by atoms with Crippen molar-refractivity contribution in [1.29, 1.82) is 0 Å².